The molecule has 1 aromatic carbocycles. The van der Waals surface area contributed by atoms with E-state index in [9.17, 15) is 29.4 Å². The van der Waals surface area contributed by atoms with Gasteiger partial charge in [-0.1, -0.05) is 18.2 Å². The van der Waals surface area contributed by atoms with Crippen LogP contribution in [0.3, 0.4) is 0 Å². The maximum absolute atomic E-state index is 13.4. The number of carbonyl (C=O) groups is 4. The van der Waals surface area contributed by atoms with Gasteiger partial charge in [0.15, 0.2) is 0 Å². The van der Waals surface area contributed by atoms with E-state index in [1.165, 1.54) is 7.11 Å². The van der Waals surface area contributed by atoms with Gasteiger partial charge in [-0.05, 0) is 51.3 Å². The molecule has 1 aromatic rings. The SMILES string of the molecule is COC(=O)CNC(=O)C(c1c(C)cccc1C)N(CCO)C(=O)C(CO)NC(=O)OC(C)(C)C. The number of aliphatic hydroxyl groups excluding tert-OH is 2. The predicted molar refractivity (Wildman–Crippen MR) is 123 cm³/mol. The van der Waals surface area contributed by atoms with Gasteiger partial charge in [-0.2, -0.15) is 0 Å². The molecule has 1 rings (SSSR count). The largest absolute Gasteiger partial charge is 0.468 e. The van der Waals surface area contributed by atoms with Crippen LogP contribution in [0.1, 0.15) is 43.5 Å². The highest BCUT2D eigenvalue weighted by atomic mass is 16.6. The zero-order valence-corrected chi connectivity index (χ0v) is 20.5. The van der Waals surface area contributed by atoms with E-state index in [1.807, 2.05) is 0 Å². The first-order valence-electron chi connectivity index (χ1n) is 10.8. The minimum Gasteiger partial charge on any atom is -0.468 e. The van der Waals surface area contributed by atoms with Crippen LogP contribution in [0.5, 0.6) is 0 Å². The normalized spacial score (nSPS) is 12.8. The fourth-order valence-electron chi connectivity index (χ4n) is 3.32. The van der Waals surface area contributed by atoms with Crippen LogP contribution < -0.4 is 10.6 Å². The van der Waals surface area contributed by atoms with Gasteiger partial charge in [0, 0.05) is 6.54 Å². The van der Waals surface area contributed by atoms with Crippen molar-refractivity contribution in [3.8, 4) is 0 Å². The van der Waals surface area contributed by atoms with E-state index in [0.717, 1.165) is 4.90 Å². The average Bonchev–Trinajstić information content (AvgIpc) is 2.75. The number of carbonyl (C=O) groups excluding carboxylic acids is 4. The van der Waals surface area contributed by atoms with Crippen LogP contribution in [0.25, 0.3) is 0 Å². The van der Waals surface area contributed by atoms with Crippen LogP contribution in [-0.4, -0.2) is 84.0 Å². The summed E-state index contributed by atoms with van der Waals surface area (Å²) in [6.45, 7) is 6.45. The lowest BCUT2D eigenvalue weighted by atomic mass is 9.93. The number of hydrogen-bond acceptors (Lipinski definition) is 8. The van der Waals surface area contributed by atoms with Gasteiger partial charge in [0.25, 0.3) is 0 Å². The molecule has 0 aliphatic rings. The Labute approximate surface area is 199 Å². The predicted octanol–water partition coefficient (Wildman–Crippen LogP) is 0.340. The lowest BCUT2D eigenvalue weighted by molar-refractivity contribution is -0.145. The number of methoxy groups -OCH3 is 1. The van der Waals surface area contributed by atoms with Crippen molar-refractivity contribution in [3.63, 3.8) is 0 Å². The number of hydrogen-bond donors (Lipinski definition) is 4. The molecule has 0 aliphatic carbocycles. The van der Waals surface area contributed by atoms with E-state index in [-0.39, 0.29) is 6.54 Å². The van der Waals surface area contributed by atoms with Gasteiger partial charge in [0.1, 0.15) is 24.2 Å². The summed E-state index contributed by atoms with van der Waals surface area (Å²) in [5.41, 5.74) is 1.02. The van der Waals surface area contributed by atoms with Crippen LogP contribution >= 0.6 is 0 Å². The maximum atomic E-state index is 13.4. The third kappa shape index (κ3) is 8.31. The van der Waals surface area contributed by atoms with Gasteiger partial charge in [0.2, 0.25) is 11.8 Å². The summed E-state index contributed by atoms with van der Waals surface area (Å²) in [6, 6.07) is 2.60. The average molecular weight is 482 g/mol. The Hall–Kier alpha value is -3.18. The van der Waals surface area contributed by atoms with Crippen LogP contribution in [-0.2, 0) is 23.9 Å². The summed E-state index contributed by atoms with van der Waals surface area (Å²) in [5, 5.41) is 24.3. The molecule has 11 heteroatoms. The Kier molecular flexibility index (Phi) is 10.9. The van der Waals surface area contributed by atoms with Crippen molar-refractivity contribution in [1.29, 1.82) is 0 Å². The van der Waals surface area contributed by atoms with Gasteiger partial charge in [-0.3, -0.25) is 14.4 Å². The number of aliphatic hydroxyl groups is 2. The monoisotopic (exact) mass is 481 g/mol. The number of ether oxygens (including phenoxy) is 2. The molecule has 3 amide bonds. The number of benzene rings is 1. The molecule has 11 nitrogen and oxygen atoms in total. The second-order valence-electron chi connectivity index (χ2n) is 8.64. The molecule has 0 aromatic heterocycles. The molecule has 2 atom stereocenters. The molecule has 0 fully saturated rings. The first-order chi connectivity index (χ1) is 15.9. The molecule has 0 saturated heterocycles. The maximum Gasteiger partial charge on any atom is 0.408 e. The number of aryl methyl sites for hydroxylation is 2. The topological polar surface area (TPSA) is 154 Å². The quantitative estimate of drug-likeness (QED) is 0.349. The van der Waals surface area contributed by atoms with E-state index in [4.69, 9.17) is 4.74 Å². The van der Waals surface area contributed by atoms with Gasteiger partial charge >= 0.3 is 12.1 Å². The zero-order valence-electron chi connectivity index (χ0n) is 20.5. The van der Waals surface area contributed by atoms with Crippen molar-refractivity contribution in [2.24, 2.45) is 0 Å². The van der Waals surface area contributed by atoms with Crippen molar-refractivity contribution in [1.82, 2.24) is 15.5 Å². The van der Waals surface area contributed by atoms with E-state index >= 15 is 0 Å². The second kappa shape index (κ2) is 12.9. The van der Waals surface area contributed by atoms with Crippen LogP contribution in [0, 0.1) is 13.8 Å². The Morgan fingerprint density at radius 1 is 1.09 bits per heavy atom. The molecule has 0 heterocycles. The molecule has 4 N–H and O–H groups in total. The number of alkyl carbamates (subject to hydrolysis) is 1. The van der Waals surface area contributed by atoms with Gasteiger partial charge in [0.05, 0.1) is 20.3 Å². The smallest absolute Gasteiger partial charge is 0.408 e. The summed E-state index contributed by atoms with van der Waals surface area (Å²) in [5.74, 6) is -2.20. The molecule has 0 radical (unpaired) electrons. The molecule has 34 heavy (non-hydrogen) atoms. The van der Waals surface area contributed by atoms with Crippen molar-refractivity contribution in [2.45, 2.75) is 52.3 Å². The van der Waals surface area contributed by atoms with E-state index in [2.05, 4.69) is 15.4 Å². The Bertz CT molecular complexity index is 861. The van der Waals surface area contributed by atoms with Crippen molar-refractivity contribution in [2.75, 3.05) is 33.4 Å². The fourth-order valence-corrected chi connectivity index (χ4v) is 3.32. The fraction of sp³-hybridized carbons (Fsp3) is 0.565. The van der Waals surface area contributed by atoms with E-state index in [0.29, 0.717) is 16.7 Å². The molecule has 0 saturated carbocycles. The second-order valence-corrected chi connectivity index (χ2v) is 8.64. The number of rotatable bonds is 10. The van der Waals surface area contributed by atoms with E-state index < -0.39 is 61.3 Å². The highest BCUT2D eigenvalue weighted by molar-refractivity contribution is 5.93. The minimum absolute atomic E-state index is 0.282. The Morgan fingerprint density at radius 2 is 1.68 bits per heavy atom. The lowest BCUT2D eigenvalue weighted by Crippen LogP contribution is -2.55. The molecule has 0 aliphatic heterocycles. The summed E-state index contributed by atoms with van der Waals surface area (Å²) in [6.07, 6.45) is -0.928. The van der Waals surface area contributed by atoms with Gasteiger partial charge < -0.3 is 35.2 Å². The zero-order chi connectivity index (χ0) is 26.1. The highest BCUT2D eigenvalue weighted by Crippen LogP contribution is 2.28. The molecule has 190 valence electrons. The standard InChI is InChI=1S/C23H35N3O8/c1-14-8-7-9-15(2)18(14)19(20(30)24-12-17(29)33-6)26(10-11-27)21(31)16(13-28)25-22(32)34-23(3,4)5/h7-9,16,19,27-28H,10-13H2,1-6H3,(H,24,30)(H,25,32). The van der Waals surface area contributed by atoms with Gasteiger partial charge in [-0.15, -0.1) is 0 Å². The molecule has 2 unspecified atom stereocenters. The first-order valence-corrected chi connectivity index (χ1v) is 10.8. The molecule has 0 bridgehead atoms. The van der Waals surface area contributed by atoms with Crippen molar-refractivity contribution < 1.29 is 38.9 Å². The molecular formula is C23H35N3O8. The molecule has 0 spiro atoms. The van der Waals surface area contributed by atoms with Crippen molar-refractivity contribution >= 4 is 23.9 Å². The van der Waals surface area contributed by atoms with Crippen LogP contribution in [0.2, 0.25) is 0 Å². The Balaban J connectivity index is 3.41. The van der Waals surface area contributed by atoms with Gasteiger partial charge in [-0.25, -0.2) is 4.79 Å². The first kappa shape index (κ1) is 28.9. The summed E-state index contributed by atoms with van der Waals surface area (Å²) >= 11 is 0. The van der Waals surface area contributed by atoms with Crippen molar-refractivity contribution in [3.05, 3.63) is 34.9 Å². The summed E-state index contributed by atoms with van der Waals surface area (Å²) in [4.78, 5) is 51.5. The summed E-state index contributed by atoms with van der Waals surface area (Å²) < 4.78 is 9.72. The minimum atomic E-state index is -1.44. The number of esters is 1. The third-order valence-electron chi connectivity index (χ3n) is 4.81. The van der Waals surface area contributed by atoms with Crippen LogP contribution in [0.4, 0.5) is 4.79 Å². The lowest BCUT2D eigenvalue weighted by Gasteiger charge is -2.35. The molecular weight excluding hydrogens is 446 g/mol. The van der Waals surface area contributed by atoms with Crippen LogP contribution in [0.15, 0.2) is 18.2 Å². The number of nitrogens with zero attached hydrogens (tertiary/aromatic N) is 1. The number of amides is 3. The Morgan fingerprint density at radius 3 is 2.15 bits per heavy atom. The van der Waals surface area contributed by atoms with E-state index in [1.54, 1.807) is 52.8 Å². The highest BCUT2D eigenvalue weighted by Gasteiger charge is 2.37. The third-order valence-corrected chi connectivity index (χ3v) is 4.81. The number of nitrogens with one attached hydrogen (secondary N) is 2. The summed E-state index contributed by atoms with van der Waals surface area (Å²) in [7, 11) is 1.17.